The van der Waals surface area contributed by atoms with Gasteiger partial charge in [-0.3, -0.25) is 0 Å². The summed E-state index contributed by atoms with van der Waals surface area (Å²) in [6.07, 6.45) is 0.762. The summed E-state index contributed by atoms with van der Waals surface area (Å²) in [7, 11) is 0. The molecular formula is C11H17ClN2O. The number of nitrogens with zero attached hydrogens (tertiary/aromatic N) is 2. The molecule has 0 amide bonds. The summed E-state index contributed by atoms with van der Waals surface area (Å²) in [6.45, 7) is 8.71. The molecule has 0 bridgehead atoms. The summed E-state index contributed by atoms with van der Waals surface area (Å²) in [4.78, 5) is 8.46. The zero-order valence-corrected chi connectivity index (χ0v) is 10.4. The molecule has 0 saturated carbocycles. The highest BCUT2D eigenvalue weighted by Crippen LogP contribution is 2.22. The van der Waals surface area contributed by atoms with Crippen LogP contribution in [0.5, 0.6) is 5.88 Å². The number of hydrogen-bond acceptors (Lipinski definition) is 3. The van der Waals surface area contributed by atoms with Gasteiger partial charge in [-0.1, -0.05) is 32.4 Å². The maximum Gasteiger partial charge on any atom is 0.221 e. The Morgan fingerprint density at radius 2 is 2.00 bits per heavy atom. The second kappa shape index (κ2) is 5.31. The molecule has 0 aliphatic rings. The molecule has 84 valence electrons. The molecule has 1 heterocycles. The monoisotopic (exact) mass is 228 g/mol. The normalized spacial score (nSPS) is 10.8. The smallest absolute Gasteiger partial charge is 0.221 e. The minimum atomic E-state index is 0.475. The molecular weight excluding hydrogens is 212 g/mol. The predicted molar refractivity (Wildman–Crippen MR) is 61.5 cm³/mol. The highest BCUT2D eigenvalue weighted by Gasteiger charge is 2.10. The number of halogens is 1. The molecule has 0 N–H and O–H groups in total. The molecule has 3 nitrogen and oxygen atoms in total. The third kappa shape index (κ3) is 3.34. The van der Waals surface area contributed by atoms with E-state index >= 15 is 0 Å². The predicted octanol–water partition coefficient (Wildman–Crippen LogP) is 3.04. The average molecular weight is 229 g/mol. The zero-order chi connectivity index (χ0) is 11.4. The van der Waals surface area contributed by atoms with E-state index < -0.39 is 0 Å². The molecule has 0 saturated heterocycles. The molecule has 1 aromatic rings. The number of rotatable bonds is 4. The first-order valence-corrected chi connectivity index (χ1v) is 5.58. The lowest BCUT2D eigenvalue weighted by Crippen LogP contribution is -2.09. The van der Waals surface area contributed by atoms with Gasteiger partial charge in [0.25, 0.3) is 0 Å². The van der Waals surface area contributed by atoms with Gasteiger partial charge in [0.15, 0.2) is 0 Å². The zero-order valence-electron chi connectivity index (χ0n) is 9.67. The molecule has 1 rings (SSSR count). The molecule has 0 fully saturated rings. The van der Waals surface area contributed by atoms with E-state index in [0.717, 1.165) is 17.8 Å². The van der Waals surface area contributed by atoms with Gasteiger partial charge >= 0.3 is 0 Å². The van der Waals surface area contributed by atoms with E-state index in [-0.39, 0.29) is 0 Å². The van der Waals surface area contributed by atoms with Gasteiger partial charge in [-0.15, -0.1) is 0 Å². The van der Waals surface area contributed by atoms with E-state index in [0.29, 0.717) is 23.6 Å². The van der Waals surface area contributed by atoms with Gasteiger partial charge in [0.05, 0.1) is 6.61 Å². The van der Waals surface area contributed by atoms with Crippen molar-refractivity contribution in [2.24, 2.45) is 5.92 Å². The van der Waals surface area contributed by atoms with Crippen LogP contribution in [0.2, 0.25) is 5.15 Å². The van der Waals surface area contributed by atoms with Gasteiger partial charge in [-0.25, -0.2) is 4.98 Å². The Balaban J connectivity index is 2.90. The van der Waals surface area contributed by atoms with E-state index in [9.17, 15) is 0 Å². The van der Waals surface area contributed by atoms with E-state index in [1.807, 2.05) is 13.8 Å². The summed E-state index contributed by atoms with van der Waals surface area (Å²) >= 11 is 5.98. The number of hydrogen-bond donors (Lipinski definition) is 0. The van der Waals surface area contributed by atoms with Crippen LogP contribution in [0.3, 0.4) is 0 Å². The summed E-state index contributed by atoms with van der Waals surface area (Å²) in [5.74, 6) is 1.81. The van der Waals surface area contributed by atoms with Crippen molar-refractivity contribution in [3.05, 3.63) is 16.5 Å². The maximum absolute atomic E-state index is 5.98. The van der Waals surface area contributed by atoms with Crippen LogP contribution in [-0.2, 0) is 6.42 Å². The van der Waals surface area contributed by atoms with Crippen molar-refractivity contribution in [2.45, 2.75) is 34.1 Å². The standard InChI is InChI=1S/C11H17ClN2O/c1-5-9-13-10(12)8(4)11(14-9)15-6-7(2)3/h7H,5-6H2,1-4H3. The second-order valence-electron chi connectivity index (χ2n) is 3.92. The van der Waals surface area contributed by atoms with Gasteiger partial charge in [0.1, 0.15) is 11.0 Å². The van der Waals surface area contributed by atoms with E-state index in [1.54, 1.807) is 0 Å². The van der Waals surface area contributed by atoms with Crippen LogP contribution < -0.4 is 4.74 Å². The molecule has 4 heteroatoms. The minimum Gasteiger partial charge on any atom is -0.477 e. The number of aromatic nitrogens is 2. The lowest BCUT2D eigenvalue weighted by Gasteiger charge is -2.11. The van der Waals surface area contributed by atoms with E-state index in [2.05, 4.69) is 23.8 Å². The van der Waals surface area contributed by atoms with Gasteiger partial charge in [-0.05, 0) is 12.8 Å². The Morgan fingerprint density at radius 1 is 1.33 bits per heavy atom. The Morgan fingerprint density at radius 3 is 2.53 bits per heavy atom. The van der Waals surface area contributed by atoms with Crippen LogP contribution >= 0.6 is 11.6 Å². The number of aryl methyl sites for hydroxylation is 1. The molecule has 0 spiro atoms. The van der Waals surface area contributed by atoms with Gasteiger partial charge < -0.3 is 4.74 Å². The van der Waals surface area contributed by atoms with Gasteiger partial charge in [0, 0.05) is 12.0 Å². The average Bonchev–Trinajstić information content (AvgIpc) is 2.19. The van der Waals surface area contributed by atoms with Gasteiger partial charge in [-0.2, -0.15) is 4.98 Å². The topological polar surface area (TPSA) is 35.0 Å². The molecule has 1 aromatic heterocycles. The minimum absolute atomic E-state index is 0.475. The molecule has 0 radical (unpaired) electrons. The molecule has 0 aliphatic carbocycles. The van der Waals surface area contributed by atoms with Crippen LogP contribution in [0.4, 0.5) is 0 Å². The highest BCUT2D eigenvalue weighted by molar-refractivity contribution is 6.30. The second-order valence-corrected chi connectivity index (χ2v) is 4.28. The number of ether oxygens (including phenoxy) is 1. The lowest BCUT2D eigenvalue weighted by atomic mass is 10.2. The first kappa shape index (κ1) is 12.2. The van der Waals surface area contributed by atoms with Crippen molar-refractivity contribution >= 4 is 11.6 Å². The Labute approximate surface area is 95.8 Å². The SMILES string of the molecule is CCc1nc(Cl)c(C)c(OCC(C)C)n1. The molecule has 0 aliphatic heterocycles. The van der Waals surface area contributed by atoms with Crippen LogP contribution in [0, 0.1) is 12.8 Å². The summed E-state index contributed by atoms with van der Waals surface area (Å²) in [5.41, 5.74) is 0.814. The van der Waals surface area contributed by atoms with Crippen molar-refractivity contribution in [1.82, 2.24) is 9.97 Å². The first-order chi connectivity index (χ1) is 7.04. The molecule has 0 atom stereocenters. The third-order valence-corrected chi connectivity index (χ3v) is 2.33. The first-order valence-electron chi connectivity index (χ1n) is 5.20. The Bertz CT molecular complexity index is 340. The van der Waals surface area contributed by atoms with Crippen LogP contribution in [0.1, 0.15) is 32.2 Å². The Kier molecular flexibility index (Phi) is 4.33. The lowest BCUT2D eigenvalue weighted by molar-refractivity contribution is 0.258. The van der Waals surface area contributed by atoms with Crippen molar-refractivity contribution in [3.63, 3.8) is 0 Å². The van der Waals surface area contributed by atoms with Crippen LogP contribution in [-0.4, -0.2) is 16.6 Å². The van der Waals surface area contributed by atoms with Crippen molar-refractivity contribution in [1.29, 1.82) is 0 Å². The molecule has 15 heavy (non-hydrogen) atoms. The maximum atomic E-state index is 5.98. The van der Waals surface area contributed by atoms with Gasteiger partial charge in [0.2, 0.25) is 5.88 Å². The van der Waals surface area contributed by atoms with Crippen LogP contribution in [0.25, 0.3) is 0 Å². The fourth-order valence-electron chi connectivity index (χ4n) is 1.06. The highest BCUT2D eigenvalue weighted by atomic mass is 35.5. The fraction of sp³-hybridized carbons (Fsp3) is 0.636. The van der Waals surface area contributed by atoms with Crippen molar-refractivity contribution in [3.8, 4) is 5.88 Å². The molecule has 0 unspecified atom stereocenters. The summed E-state index contributed by atoms with van der Waals surface area (Å²) in [5, 5.41) is 0.487. The summed E-state index contributed by atoms with van der Waals surface area (Å²) < 4.78 is 5.59. The van der Waals surface area contributed by atoms with Crippen molar-refractivity contribution < 1.29 is 4.74 Å². The Hall–Kier alpha value is -0.830. The third-order valence-electron chi connectivity index (χ3n) is 1.96. The largest absolute Gasteiger partial charge is 0.477 e. The van der Waals surface area contributed by atoms with E-state index in [4.69, 9.17) is 16.3 Å². The quantitative estimate of drug-likeness (QED) is 0.743. The summed E-state index contributed by atoms with van der Waals surface area (Å²) in [6, 6.07) is 0. The van der Waals surface area contributed by atoms with Crippen LogP contribution in [0.15, 0.2) is 0 Å². The fourth-order valence-corrected chi connectivity index (χ4v) is 1.23. The molecule has 0 aromatic carbocycles. The van der Waals surface area contributed by atoms with E-state index in [1.165, 1.54) is 0 Å². The van der Waals surface area contributed by atoms with Crippen molar-refractivity contribution in [2.75, 3.05) is 6.61 Å².